The van der Waals surface area contributed by atoms with Crippen LogP contribution in [0.15, 0.2) is 59.4 Å². The number of carbonyl (C=O) groups excluding carboxylic acids is 1. The van der Waals surface area contributed by atoms with Crippen LogP contribution in [0.4, 0.5) is 0 Å². The number of benzene rings is 2. The average Bonchev–Trinajstić information content (AvgIpc) is 2.94. The first-order chi connectivity index (χ1) is 13.8. The van der Waals surface area contributed by atoms with Crippen molar-refractivity contribution in [3.8, 4) is 11.3 Å². The largest absolute Gasteiger partial charge is 0.347 e. The van der Waals surface area contributed by atoms with E-state index in [4.69, 9.17) is 11.6 Å². The molecule has 4 aromatic rings. The van der Waals surface area contributed by atoms with Crippen molar-refractivity contribution in [3.63, 3.8) is 0 Å². The molecule has 2 aromatic carbocycles. The molecule has 0 atom stereocenters. The van der Waals surface area contributed by atoms with Crippen molar-refractivity contribution in [2.75, 3.05) is 0 Å². The number of Topliss-reactive ketones (excluding diaryl/α,β-unsaturated/α-hetero) is 1. The van der Waals surface area contributed by atoms with Crippen LogP contribution in [0.1, 0.15) is 21.6 Å². The van der Waals surface area contributed by atoms with Crippen LogP contribution < -0.4 is 5.56 Å². The number of aryl methyl sites for hydroxylation is 2. The Labute approximate surface area is 173 Å². The van der Waals surface area contributed by atoms with E-state index in [0.717, 1.165) is 27.7 Å². The van der Waals surface area contributed by atoms with E-state index in [1.807, 2.05) is 49.7 Å². The first-order valence-corrected chi connectivity index (χ1v) is 9.66. The Hall–Kier alpha value is -3.18. The zero-order chi connectivity index (χ0) is 20.7. The summed E-state index contributed by atoms with van der Waals surface area (Å²) in [4.78, 5) is 25.5. The van der Waals surface area contributed by atoms with E-state index < -0.39 is 0 Å². The normalized spacial score (nSPS) is 11.2. The van der Waals surface area contributed by atoms with Crippen LogP contribution in [0.3, 0.4) is 0 Å². The molecule has 0 aliphatic rings. The van der Waals surface area contributed by atoms with Gasteiger partial charge < -0.3 is 4.57 Å². The van der Waals surface area contributed by atoms with Crippen LogP contribution >= 0.6 is 11.6 Å². The molecule has 0 fully saturated rings. The molecule has 0 amide bonds. The minimum Gasteiger partial charge on any atom is -0.347 e. The summed E-state index contributed by atoms with van der Waals surface area (Å²) in [5, 5.41) is 5.92. The summed E-state index contributed by atoms with van der Waals surface area (Å²) in [6.07, 6.45) is 0. The Morgan fingerprint density at radius 2 is 1.76 bits per heavy atom. The molecule has 0 aliphatic heterocycles. The zero-order valence-electron chi connectivity index (χ0n) is 16.4. The van der Waals surface area contributed by atoms with E-state index in [-0.39, 0.29) is 17.9 Å². The number of hydrogen-bond donors (Lipinski definition) is 0. The topological polar surface area (TPSA) is 56.9 Å². The van der Waals surface area contributed by atoms with Crippen molar-refractivity contribution in [2.45, 2.75) is 20.4 Å². The van der Waals surface area contributed by atoms with Gasteiger partial charge in [-0.25, -0.2) is 4.68 Å². The highest BCUT2D eigenvalue weighted by molar-refractivity contribution is 6.30. The van der Waals surface area contributed by atoms with Crippen LogP contribution in [0.2, 0.25) is 5.02 Å². The summed E-state index contributed by atoms with van der Waals surface area (Å²) in [6.45, 7) is 3.83. The molecule has 2 heterocycles. The SMILES string of the molecule is Cc1ccc2c(C(=O)Cn3nc(-c4ccc(Cl)cc4)ccc3=O)c(C)n(C)c2c1. The molecule has 0 saturated carbocycles. The van der Waals surface area contributed by atoms with Gasteiger partial charge in [-0.3, -0.25) is 9.59 Å². The number of nitrogens with zero attached hydrogens (tertiary/aromatic N) is 3. The third kappa shape index (κ3) is 3.49. The highest BCUT2D eigenvalue weighted by Gasteiger charge is 2.19. The van der Waals surface area contributed by atoms with Crippen LogP contribution in [0.25, 0.3) is 22.2 Å². The molecule has 146 valence electrons. The minimum absolute atomic E-state index is 0.117. The maximum absolute atomic E-state index is 13.2. The molecule has 4 rings (SSSR count). The number of hydrogen-bond acceptors (Lipinski definition) is 3. The van der Waals surface area contributed by atoms with E-state index in [2.05, 4.69) is 11.2 Å². The second kappa shape index (κ2) is 7.33. The van der Waals surface area contributed by atoms with E-state index in [9.17, 15) is 9.59 Å². The lowest BCUT2D eigenvalue weighted by atomic mass is 10.1. The fourth-order valence-electron chi connectivity index (χ4n) is 3.58. The Morgan fingerprint density at radius 1 is 1.03 bits per heavy atom. The van der Waals surface area contributed by atoms with Gasteiger partial charge in [0, 0.05) is 45.9 Å². The standard InChI is InChI=1S/C23H20ClN3O2/c1-14-4-9-18-20(12-14)26(3)15(2)23(18)21(28)13-27-22(29)11-10-19(25-27)16-5-7-17(24)8-6-16/h4-12H,13H2,1-3H3. The van der Waals surface area contributed by atoms with Crippen LogP contribution in [-0.4, -0.2) is 20.1 Å². The molecule has 0 aliphatic carbocycles. The Kier molecular flexibility index (Phi) is 4.84. The molecule has 0 N–H and O–H groups in total. The molecular weight excluding hydrogens is 386 g/mol. The van der Waals surface area contributed by atoms with E-state index in [0.29, 0.717) is 16.3 Å². The quantitative estimate of drug-likeness (QED) is 0.468. The predicted octanol–water partition coefficient (Wildman–Crippen LogP) is 4.56. The summed E-state index contributed by atoms with van der Waals surface area (Å²) in [5.74, 6) is -0.139. The van der Waals surface area contributed by atoms with Crippen molar-refractivity contribution in [2.24, 2.45) is 7.05 Å². The summed E-state index contributed by atoms with van der Waals surface area (Å²) in [6, 6.07) is 16.3. The van der Waals surface area contributed by atoms with Gasteiger partial charge in [0.25, 0.3) is 5.56 Å². The first-order valence-electron chi connectivity index (χ1n) is 9.28. The fourth-order valence-corrected chi connectivity index (χ4v) is 3.70. The highest BCUT2D eigenvalue weighted by atomic mass is 35.5. The highest BCUT2D eigenvalue weighted by Crippen LogP contribution is 2.26. The molecule has 0 radical (unpaired) electrons. The van der Waals surface area contributed by atoms with Gasteiger partial charge in [-0.05, 0) is 43.7 Å². The average molecular weight is 406 g/mol. The van der Waals surface area contributed by atoms with E-state index in [1.165, 1.54) is 10.7 Å². The molecule has 0 unspecified atom stereocenters. The summed E-state index contributed by atoms with van der Waals surface area (Å²) in [7, 11) is 1.94. The van der Waals surface area contributed by atoms with Gasteiger partial charge in [-0.2, -0.15) is 5.10 Å². The maximum atomic E-state index is 13.2. The molecule has 0 saturated heterocycles. The van der Waals surface area contributed by atoms with Gasteiger partial charge in [-0.1, -0.05) is 35.9 Å². The van der Waals surface area contributed by atoms with Crippen molar-refractivity contribution < 1.29 is 4.79 Å². The van der Waals surface area contributed by atoms with E-state index >= 15 is 0 Å². The van der Waals surface area contributed by atoms with Crippen LogP contribution in [0, 0.1) is 13.8 Å². The van der Waals surface area contributed by atoms with Gasteiger partial charge in [0.15, 0.2) is 5.78 Å². The second-order valence-corrected chi connectivity index (χ2v) is 7.62. The number of rotatable bonds is 4. The molecule has 2 aromatic heterocycles. The van der Waals surface area contributed by atoms with Gasteiger partial charge in [0.05, 0.1) is 5.69 Å². The summed E-state index contributed by atoms with van der Waals surface area (Å²) >= 11 is 5.94. The van der Waals surface area contributed by atoms with Crippen molar-refractivity contribution >= 4 is 28.3 Å². The number of ketones is 1. The first kappa shape index (κ1) is 19.2. The number of fused-ring (bicyclic) bond motifs is 1. The Bertz CT molecular complexity index is 1300. The lowest BCUT2D eigenvalue weighted by molar-refractivity contribution is 0.0966. The van der Waals surface area contributed by atoms with Gasteiger partial charge in [0.2, 0.25) is 0 Å². The number of aromatic nitrogens is 3. The molecule has 29 heavy (non-hydrogen) atoms. The van der Waals surface area contributed by atoms with Gasteiger partial charge in [-0.15, -0.1) is 0 Å². The predicted molar refractivity (Wildman–Crippen MR) is 116 cm³/mol. The smallest absolute Gasteiger partial charge is 0.267 e. The number of halogens is 1. The van der Waals surface area contributed by atoms with Crippen molar-refractivity contribution in [3.05, 3.63) is 86.8 Å². The van der Waals surface area contributed by atoms with Crippen LogP contribution in [-0.2, 0) is 13.6 Å². The van der Waals surface area contributed by atoms with E-state index in [1.54, 1.807) is 18.2 Å². The lowest BCUT2D eigenvalue weighted by Crippen LogP contribution is -2.26. The van der Waals surface area contributed by atoms with Crippen molar-refractivity contribution in [1.82, 2.24) is 14.3 Å². The summed E-state index contributed by atoms with van der Waals surface area (Å²) < 4.78 is 3.23. The molecule has 0 spiro atoms. The Balaban J connectivity index is 1.73. The van der Waals surface area contributed by atoms with Crippen molar-refractivity contribution in [1.29, 1.82) is 0 Å². The Morgan fingerprint density at radius 3 is 2.48 bits per heavy atom. The minimum atomic E-state index is -0.315. The second-order valence-electron chi connectivity index (χ2n) is 7.18. The van der Waals surface area contributed by atoms with Gasteiger partial charge >= 0.3 is 0 Å². The zero-order valence-corrected chi connectivity index (χ0v) is 17.2. The summed E-state index contributed by atoms with van der Waals surface area (Å²) in [5.41, 5.74) is 4.76. The molecule has 6 heteroatoms. The monoisotopic (exact) mass is 405 g/mol. The molecule has 5 nitrogen and oxygen atoms in total. The molecular formula is C23H20ClN3O2. The fraction of sp³-hybridized carbons (Fsp3) is 0.174. The maximum Gasteiger partial charge on any atom is 0.267 e. The third-order valence-corrected chi connectivity index (χ3v) is 5.48. The lowest BCUT2D eigenvalue weighted by Gasteiger charge is -2.08. The number of carbonyl (C=O) groups is 1. The van der Waals surface area contributed by atoms with Crippen LogP contribution in [0.5, 0.6) is 0 Å². The van der Waals surface area contributed by atoms with Gasteiger partial charge in [0.1, 0.15) is 6.54 Å². The third-order valence-electron chi connectivity index (χ3n) is 5.23. The molecule has 0 bridgehead atoms.